The number of alkyl halides is 3. The maximum Gasteiger partial charge on any atom is 0.433 e. The minimum atomic E-state index is -4.48. The summed E-state index contributed by atoms with van der Waals surface area (Å²) in [6.45, 7) is 3.97. The van der Waals surface area contributed by atoms with Gasteiger partial charge in [0.2, 0.25) is 0 Å². The van der Waals surface area contributed by atoms with Gasteiger partial charge >= 0.3 is 6.18 Å². The van der Waals surface area contributed by atoms with Gasteiger partial charge in [0, 0.05) is 18.5 Å². The molecule has 1 aliphatic carbocycles. The topological polar surface area (TPSA) is 33.2 Å². The maximum atomic E-state index is 12.9. The fourth-order valence-corrected chi connectivity index (χ4v) is 4.70. The lowest BCUT2D eigenvalue weighted by molar-refractivity contribution is -0.140. The molecule has 0 radical (unpaired) electrons. The summed E-state index contributed by atoms with van der Waals surface area (Å²) in [4.78, 5) is 19.1. The Morgan fingerprint density at radius 3 is 2.68 bits per heavy atom. The molecule has 25 heavy (non-hydrogen) atoms. The number of hydrogen-bond acceptors (Lipinski definition) is 3. The number of carbonyl (C=O) groups excluding carboxylic acids is 1. The quantitative estimate of drug-likeness (QED) is 0.721. The average Bonchev–Trinajstić information content (AvgIpc) is 2.89. The Balaban J connectivity index is 1.92. The number of nitrogens with zero attached hydrogens (tertiary/aromatic N) is 2. The number of fused-ring (bicyclic) bond motifs is 1. The Labute approximate surface area is 148 Å². The molecule has 2 aromatic rings. The number of halogens is 3. The highest BCUT2D eigenvalue weighted by atomic mass is 32.1. The second-order valence-corrected chi connectivity index (χ2v) is 7.94. The molecule has 3 rings (SSSR count). The van der Waals surface area contributed by atoms with Crippen molar-refractivity contribution in [3.05, 3.63) is 28.3 Å². The van der Waals surface area contributed by atoms with Gasteiger partial charge in [-0.05, 0) is 43.4 Å². The van der Waals surface area contributed by atoms with Crippen LogP contribution in [0.1, 0.15) is 53.5 Å². The molecule has 2 atom stereocenters. The minimum Gasteiger partial charge on any atom is -0.338 e. The summed E-state index contributed by atoms with van der Waals surface area (Å²) in [7, 11) is 1.80. The van der Waals surface area contributed by atoms with Gasteiger partial charge in [0.1, 0.15) is 10.5 Å². The molecular formula is C18H21F3N2OS. The maximum absolute atomic E-state index is 12.9. The van der Waals surface area contributed by atoms with Crippen LogP contribution in [-0.4, -0.2) is 28.9 Å². The van der Waals surface area contributed by atoms with Crippen molar-refractivity contribution in [2.75, 3.05) is 7.05 Å². The SMILES string of the molecule is Cc1c(C(=O)N(C)[C@H]2CCC[C@@H](C)C2)sc2nc(C(F)(F)F)ccc12. The molecule has 0 unspecified atom stereocenters. The van der Waals surface area contributed by atoms with E-state index in [0.29, 0.717) is 21.7 Å². The van der Waals surface area contributed by atoms with Crippen LogP contribution in [0, 0.1) is 12.8 Å². The van der Waals surface area contributed by atoms with Crippen LogP contribution >= 0.6 is 11.3 Å². The van der Waals surface area contributed by atoms with E-state index in [-0.39, 0.29) is 16.8 Å². The molecule has 1 amide bonds. The summed E-state index contributed by atoms with van der Waals surface area (Å²) in [5.41, 5.74) is -0.211. The highest BCUT2D eigenvalue weighted by Crippen LogP contribution is 2.35. The molecule has 0 spiro atoms. The Morgan fingerprint density at radius 1 is 1.32 bits per heavy atom. The number of hydrogen-bond donors (Lipinski definition) is 0. The summed E-state index contributed by atoms with van der Waals surface area (Å²) in [6.07, 6.45) is -0.239. The summed E-state index contributed by atoms with van der Waals surface area (Å²) >= 11 is 1.05. The first-order valence-corrected chi connectivity index (χ1v) is 9.24. The normalized spacial score (nSPS) is 21.5. The molecule has 1 saturated carbocycles. The molecule has 2 aromatic heterocycles. The van der Waals surface area contributed by atoms with Crippen molar-refractivity contribution < 1.29 is 18.0 Å². The molecule has 1 aliphatic rings. The lowest BCUT2D eigenvalue weighted by atomic mass is 9.86. The van der Waals surface area contributed by atoms with E-state index in [4.69, 9.17) is 0 Å². The van der Waals surface area contributed by atoms with Gasteiger partial charge in [0.05, 0.1) is 4.88 Å². The van der Waals surface area contributed by atoms with Gasteiger partial charge in [0.25, 0.3) is 5.91 Å². The molecule has 0 N–H and O–H groups in total. The standard InChI is InChI=1S/C18H21F3N2OS/c1-10-5-4-6-12(9-10)23(3)17(24)15-11(2)13-7-8-14(18(19,20)21)22-16(13)25-15/h7-8,10,12H,4-6,9H2,1-3H3/t10-,12+/m1/s1. The van der Waals surface area contributed by atoms with Crippen molar-refractivity contribution in [1.82, 2.24) is 9.88 Å². The summed E-state index contributed by atoms with van der Waals surface area (Å²) in [6, 6.07) is 2.58. The highest BCUT2D eigenvalue weighted by Gasteiger charge is 2.33. The average molecular weight is 370 g/mol. The zero-order chi connectivity index (χ0) is 18.4. The number of thiophene rings is 1. The largest absolute Gasteiger partial charge is 0.433 e. The Kier molecular flexibility index (Phi) is 4.79. The summed E-state index contributed by atoms with van der Waals surface area (Å²) in [5, 5.41) is 0.617. The highest BCUT2D eigenvalue weighted by molar-refractivity contribution is 7.20. The first kappa shape index (κ1) is 18.2. The molecule has 0 aromatic carbocycles. The van der Waals surface area contributed by atoms with Crippen LogP contribution < -0.4 is 0 Å². The molecule has 3 nitrogen and oxygen atoms in total. The number of rotatable bonds is 2. The van der Waals surface area contributed by atoms with Gasteiger partial charge in [-0.2, -0.15) is 13.2 Å². The molecular weight excluding hydrogens is 349 g/mol. The lowest BCUT2D eigenvalue weighted by Crippen LogP contribution is -2.39. The third-order valence-corrected chi connectivity index (χ3v) is 6.25. The third kappa shape index (κ3) is 3.52. The van der Waals surface area contributed by atoms with E-state index in [1.54, 1.807) is 18.9 Å². The van der Waals surface area contributed by atoms with Gasteiger partial charge in [-0.15, -0.1) is 11.3 Å². The Bertz CT molecular complexity index is 799. The van der Waals surface area contributed by atoms with Crippen LogP contribution in [0.4, 0.5) is 13.2 Å². The van der Waals surface area contributed by atoms with Gasteiger partial charge in [-0.1, -0.05) is 19.8 Å². The lowest BCUT2D eigenvalue weighted by Gasteiger charge is -2.34. The van der Waals surface area contributed by atoms with E-state index >= 15 is 0 Å². The monoisotopic (exact) mass is 370 g/mol. The van der Waals surface area contributed by atoms with Crippen LogP contribution in [0.25, 0.3) is 10.2 Å². The van der Waals surface area contributed by atoms with E-state index in [1.165, 1.54) is 12.5 Å². The predicted molar refractivity (Wildman–Crippen MR) is 92.9 cm³/mol. The number of pyridine rings is 1. The van der Waals surface area contributed by atoms with Crippen LogP contribution in [0.5, 0.6) is 0 Å². The van der Waals surface area contributed by atoms with E-state index in [9.17, 15) is 18.0 Å². The minimum absolute atomic E-state index is 0.117. The van der Waals surface area contributed by atoms with Crippen LogP contribution in [0.3, 0.4) is 0 Å². The van der Waals surface area contributed by atoms with Gasteiger partial charge < -0.3 is 4.90 Å². The summed E-state index contributed by atoms with van der Waals surface area (Å²) in [5.74, 6) is 0.474. The van der Waals surface area contributed by atoms with Crippen LogP contribution in [0.15, 0.2) is 12.1 Å². The number of amides is 1. The van der Waals surface area contributed by atoms with Crippen molar-refractivity contribution in [3.8, 4) is 0 Å². The molecule has 0 saturated heterocycles. The van der Waals surface area contributed by atoms with Crippen molar-refractivity contribution in [2.45, 2.75) is 51.7 Å². The molecule has 2 heterocycles. The first-order valence-electron chi connectivity index (χ1n) is 8.43. The fraction of sp³-hybridized carbons (Fsp3) is 0.556. The molecule has 0 aliphatic heterocycles. The third-order valence-electron chi connectivity index (χ3n) is 5.07. The molecule has 136 valence electrons. The van der Waals surface area contributed by atoms with Gasteiger partial charge in [-0.25, -0.2) is 4.98 Å². The van der Waals surface area contributed by atoms with Gasteiger partial charge in [0.15, 0.2) is 0 Å². The number of aromatic nitrogens is 1. The fourth-order valence-electron chi connectivity index (χ4n) is 3.54. The van der Waals surface area contributed by atoms with Crippen molar-refractivity contribution >= 4 is 27.5 Å². The van der Waals surface area contributed by atoms with E-state index in [2.05, 4.69) is 11.9 Å². The number of carbonyl (C=O) groups is 1. The van der Waals surface area contributed by atoms with Crippen molar-refractivity contribution in [2.24, 2.45) is 5.92 Å². The van der Waals surface area contributed by atoms with Gasteiger partial charge in [-0.3, -0.25) is 4.79 Å². The molecule has 7 heteroatoms. The van der Waals surface area contributed by atoms with E-state index < -0.39 is 11.9 Å². The van der Waals surface area contributed by atoms with Crippen molar-refractivity contribution in [3.63, 3.8) is 0 Å². The Morgan fingerprint density at radius 2 is 2.04 bits per heavy atom. The van der Waals surface area contributed by atoms with Crippen molar-refractivity contribution in [1.29, 1.82) is 0 Å². The molecule has 1 fully saturated rings. The Hall–Kier alpha value is -1.63. The summed E-state index contributed by atoms with van der Waals surface area (Å²) < 4.78 is 38.6. The molecule has 0 bridgehead atoms. The predicted octanol–water partition coefficient (Wildman–Crippen LogP) is 5.27. The zero-order valence-electron chi connectivity index (χ0n) is 14.5. The number of aryl methyl sites for hydroxylation is 1. The second-order valence-electron chi connectivity index (χ2n) is 6.94. The van der Waals surface area contributed by atoms with E-state index in [1.807, 2.05) is 0 Å². The van der Waals surface area contributed by atoms with Crippen LogP contribution in [0.2, 0.25) is 0 Å². The zero-order valence-corrected chi connectivity index (χ0v) is 15.3. The first-order chi connectivity index (χ1) is 11.7. The second kappa shape index (κ2) is 6.59. The van der Waals surface area contributed by atoms with E-state index in [0.717, 1.165) is 36.7 Å². The van der Waals surface area contributed by atoms with Crippen LogP contribution in [-0.2, 0) is 6.18 Å². The smallest absolute Gasteiger partial charge is 0.338 e.